The van der Waals surface area contributed by atoms with E-state index in [0.717, 1.165) is 28.0 Å². The van der Waals surface area contributed by atoms with Crippen LogP contribution in [-0.2, 0) is 4.79 Å². The zero-order valence-corrected chi connectivity index (χ0v) is 19.9. The molecule has 6 heteroatoms. The Kier molecular flexibility index (Phi) is 6.59. The number of hydrazone groups is 1. The highest BCUT2D eigenvalue weighted by molar-refractivity contribution is 6.04. The fourth-order valence-electron chi connectivity index (χ4n) is 4.07. The van der Waals surface area contributed by atoms with Gasteiger partial charge in [-0.15, -0.1) is 0 Å². The van der Waals surface area contributed by atoms with Gasteiger partial charge < -0.3 is 4.90 Å². The summed E-state index contributed by atoms with van der Waals surface area (Å²) in [4.78, 5) is 27.4. The Hall–Kier alpha value is -3.80. The largest absolute Gasteiger partial charge is 0.332 e. The summed E-state index contributed by atoms with van der Waals surface area (Å²) in [5.74, 6) is -1.21. The SMILES string of the molecule is Cc1ccc(C2CC(c3ccc(C)c(C)c3)=NN2C(=O)CN(C)C(=O)c2cccc(F)c2)cc1. The molecule has 3 aromatic rings. The van der Waals surface area contributed by atoms with Crippen LogP contribution in [0.5, 0.6) is 0 Å². The maximum atomic E-state index is 13.6. The monoisotopic (exact) mass is 457 g/mol. The molecule has 3 aromatic carbocycles. The van der Waals surface area contributed by atoms with Crippen molar-refractivity contribution in [2.75, 3.05) is 13.6 Å². The Morgan fingerprint density at radius 3 is 2.41 bits per heavy atom. The van der Waals surface area contributed by atoms with Gasteiger partial charge in [0, 0.05) is 19.0 Å². The number of amides is 2. The van der Waals surface area contributed by atoms with Crippen LogP contribution in [0.1, 0.15) is 50.6 Å². The molecule has 0 N–H and O–H groups in total. The zero-order chi connectivity index (χ0) is 24.4. The smallest absolute Gasteiger partial charge is 0.262 e. The van der Waals surface area contributed by atoms with Crippen molar-refractivity contribution in [2.24, 2.45) is 5.10 Å². The van der Waals surface area contributed by atoms with E-state index in [1.165, 1.54) is 46.8 Å². The van der Waals surface area contributed by atoms with Gasteiger partial charge >= 0.3 is 0 Å². The van der Waals surface area contributed by atoms with Gasteiger partial charge in [0.05, 0.1) is 11.8 Å². The summed E-state index contributed by atoms with van der Waals surface area (Å²) < 4.78 is 13.6. The second kappa shape index (κ2) is 9.59. The summed E-state index contributed by atoms with van der Waals surface area (Å²) in [7, 11) is 1.54. The number of nitrogens with zero attached hydrogens (tertiary/aromatic N) is 3. The quantitative estimate of drug-likeness (QED) is 0.529. The Morgan fingerprint density at radius 1 is 1.00 bits per heavy atom. The minimum Gasteiger partial charge on any atom is -0.332 e. The van der Waals surface area contributed by atoms with Crippen LogP contribution < -0.4 is 0 Å². The molecule has 0 spiro atoms. The van der Waals surface area contributed by atoms with Gasteiger partial charge in [0.1, 0.15) is 12.4 Å². The lowest BCUT2D eigenvalue weighted by molar-refractivity contribution is -0.133. The van der Waals surface area contributed by atoms with E-state index in [2.05, 4.69) is 26.0 Å². The van der Waals surface area contributed by atoms with Crippen LogP contribution in [0.4, 0.5) is 4.39 Å². The van der Waals surface area contributed by atoms with Crippen molar-refractivity contribution in [1.82, 2.24) is 9.91 Å². The number of carbonyl (C=O) groups excluding carboxylic acids is 2. The van der Waals surface area contributed by atoms with Crippen molar-refractivity contribution >= 4 is 17.5 Å². The molecule has 0 radical (unpaired) electrons. The minimum absolute atomic E-state index is 0.165. The summed E-state index contributed by atoms with van der Waals surface area (Å²) in [6.45, 7) is 5.97. The number of carbonyl (C=O) groups is 2. The average molecular weight is 458 g/mol. The number of aryl methyl sites for hydroxylation is 3. The van der Waals surface area contributed by atoms with E-state index in [-0.39, 0.29) is 24.1 Å². The standard InChI is InChI=1S/C28H28FN3O2/c1-18-8-11-21(12-9-18)26-16-25(22-13-10-19(2)20(3)14-22)30-32(26)27(33)17-31(4)28(34)23-6-5-7-24(29)15-23/h5-15,26H,16-17H2,1-4H3. The molecule has 1 aliphatic heterocycles. The molecule has 5 nitrogen and oxygen atoms in total. The fourth-order valence-corrected chi connectivity index (χ4v) is 4.07. The number of halogens is 1. The first-order valence-electron chi connectivity index (χ1n) is 11.3. The van der Waals surface area contributed by atoms with Crippen LogP contribution in [0.15, 0.2) is 71.8 Å². The van der Waals surface area contributed by atoms with Gasteiger partial charge in [0.2, 0.25) is 0 Å². The molecule has 34 heavy (non-hydrogen) atoms. The van der Waals surface area contributed by atoms with Crippen LogP contribution >= 0.6 is 0 Å². The van der Waals surface area contributed by atoms with Crippen molar-refractivity contribution in [3.8, 4) is 0 Å². The van der Waals surface area contributed by atoms with Gasteiger partial charge in [-0.2, -0.15) is 5.10 Å². The molecule has 0 saturated heterocycles. The summed E-state index contributed by atoms with van der Waals surface area (Å²) in [6.07, 6.45) is 0.582. The van der Waals surface area contributed by atoms with Crippen molar-refractivity contribution < 1.29 is 14.0 Å². The van der Waals surface area contributed by atoms with Crippen LogP contribution in [0.2, 0.25) is 0 Å². The molecule has 1 heterocycles. The molecular formula is C28H28FN3O2. The molecule has 1 atom stereocenters. The summed E-state index contributed by atoms with van der Waals surface area (Å²) in [5.41, 5.74) is 6.50. The van der Waals surface area contributed by atoms with Crippen LogP contribution in [-0.4, -0.2) is 41.0 Å². The number of hydrogen-bond acceptors (Lipinski definition) is 3. The Balaban J connectivity index is 1.61. The van der Waals surface area contributed by atoms with E-state index in [0.29, 0.717) is 6.42 Å². The van der Waals surface area contributed by atoms with Gasteiger partial charge in [0.25, 0.3) is 11.8 Å². The van der Waals surface area contributed by atoms with Crippen molar-refractivity contribution in [1.29, 1.82) is 0 Å². The van der Waals surface area contributed by atoms with Crippen molar-refractivity contribution in [3.63, 3.8) is 0 Å². The molecule has 0 aliphatic carbocycles. The second-order valence-electron chi connectivity index (χ2n) is 8.89. The van der Waals surface area contributed by atoms with Gasteiger partial charge in [-0.3, -0.25) is 9.59 Å². The first-order valence-corrected chi connectivity index (χ1v) is 11.3. The highest BCUT2D eigenvalue weighted by atomic mass is 19.1. The lowest BCUT2D eigenvalue weighted by Crippen LogP contribution is -2.39. The van der Waals surface area contributed by atoms with Crippen LogP contribution in [0.25, 0.3) is 0 Å². The van der Waals surface area contributed by atoms with Gasteiger partial charge in [-0.1, -0.05) is 48.0 Å². The highest BCUT2D eigenvalue weighted by Gasteiger charge is 2.34. The number of hydrogen-bond donors (Lipinski definition) is 0. The predicted molar refractivity (Wildman–Crippen MR) is 131 cm³/mol. The Morgan fingerprint density at radius 2 is 1.74 bits per heavy atom. The molecule has 2 amide bonds. The van der Waals surface area contributed by atoms with E-state index >= 15 is 0 Å². The third kappa shape index (κ3) is 4.91. The van der Waals surface area contributed by atoms with Crippen LogP contribution in [0.3, 0.4) is 0 Å². The number of likely N-dealkylation sites (N-methyl/N-ethyl adjacent to an activating group) is 1. The minimum atomic E-state index is -0.493. The first-order chi connectivity index (χ1) is 16.2. The molecule has 0 aromatic heterocycles. The third-order valence-electron chi connectivity index (χ3n) is 6.26. The van der Waals surface area contributed by atoms with Gasteiger partial charge in [0.15, 0.2) is 0 Å². The molecule has 0 saturated carbocycles. The summed E-state index contributed by atoms with van der Waals surface area (Å²) >= 11 is 0. The maximum absolute atomic E-state index is 13.6. The fraction of sp³-hybridized carbons (Fsp3) is 0.250. The van der Waals surface area contributed by atoms with E-state index < -0.39 is 11.7 Å². The van der Waals surface area contributed by atoms with Crippen LogP contribution in [0, 0.1) is 26.6 Å². The molecule has 0 bridgehead atoms. The normalized spacial score (nSPS) is 15.3. The lowest BCUT2D eigenvalue weighted by atomic mass is 9.96. The molecule has 1 aliphatic rings. The third-order valence-corrected chi connectivity index (χ3v) is 6.26. The Labute approximate surface area is 199 Å². The first kappa shape index (κ1) is 23.4. The topological polar surface area (TPSA) is 53.0 Å². The second-order valence-corrected chi connectivity index (χ2v) is 8.89. The number of rotatable bonds is 5. The van der Waals surface area contributed by atoms with Crippen molar-refractivity contribution in [2.45, 2.75) is 33.2 Å². The lowest BCUT2D eigenvalue weighted by Gasteiger charge is -2.25. The maximum Gasteiger partial charge on any atom is 0.262 e. The van der Waals surface area contributed by atoms with E-state index in [9.17, 15) is 14.0 Å². The van der Waals surface area contributed by atoms with E-state index in [1.54, 1.807) is 0 Å². The summed E-state index contributed by atoms with van der Waals surface area (Å²) in [6, 6.07) is 19.4. The molecule has 1 unspecified atom stereocenters. The predicted octanol–water partition coefficient (Wildman–Crippen LogP) is 5.20. The molecule has 174 valence electrons. The Bertz CT molecular complexity index is 1270. The molecule has 4 rings (SSSR count). The van der Waals surface area contributed by atoms with Gasteiger partial charge in [-0.25, -0.2) is 9.40 Å². The highest BCUT2D eigenvalue weighted by Crippen LogP contribution is 2.33. The average Bonchev–Trinajstić information content (AvgIpc) is 3.26. The summed E-state index contributed by atoms with van der Waals surface area (Å²) in [5, 5.41) is 6.20. The van der Waals surface area contributed by atoms with Gasteiger partial charge in [-0.05, 0) is 67.3 Å². The zero-order valence-electron chi connectivity index (χ0n) is 19.9. The molecular weight excluding hydrogens is 429 g/mol. The van der Waals surface area contributed by atoms with E-state index in [1.807, 2.05) is 37.3 Å². The van der Waals surface area contributed by atoms with E-state index in [4.69, 9.17) is 5.10 Å². The number of benzene rings is 3. The molecule has 0 fully saturated rings. The van der Waals surface area contributed by atoms with Crippen molar-refractivity contribution in [3.05, 3.63) is 106 Å².